The van der Waals surface area contributed by atoms with Crippen molar-refractivity contribution in [2.75, 3.05) is 25.0 Å². The number of carbonyl (C=O) groups excluding carboxylic acids is 3. The number of nitrogens with one attached hydrogen (secondary N) is 2. The lowest BCUT2D eigenvalue weighted by molar-refractivity contribution is -0.114. The van der Waals surface area contributed by atoms with E-state index in [-0.39, 0.29) is 28.9 Å². The summed E-state index contributed by atoms with van der Waals surface area (Å²) in [5.41, 5.74) is 1.31. The standard InChI is InChI=1S/C25H29N5O4/c1-16-18(7-10-26-3)13-21(34-16)23(32)27-15-19-14-25(19)8-11-30(12-9-25)24(33)20-5-4-6-22(29-20)28-17(2)31/h4-7,10,13,19H,3,8-9,11-12,14-15H2,1-2H3,(H,27,32)(H,28,29,31)/b10-7-. The minimum Gasteiger partial charge on any atom is -0.456 e. The summed E-state index contributed by atoms with van der Waals surface area (Å²) >= 11 is 0. The number of aromatic nitrogens is 1. The van der Waals surface area contributed by atoms with Crippen LogP contribution < -0.4 is 10.6 Å². The number of aliphatic imine (C=N–C) groups is 1. The first-order valence-corrected chi connectivity index (χ1v) is 11.4. The van der Waals surface area contributed by atoms with Crippen LogP contribution in [0.1, 0.15) is 58.6 Å². The van der Waals surface area contributed by atoms with Gasteiger partial charge in [-0.15, -0.1) is 0 Å². The van der Waals surface area contributed by atoms with E-state index in [1.165, 1.54) is 6.92 Å². The van der Waals surface area contributed by atoms with Crippen molar-refractivity contribution in [2.24, 2.45) is 16.3 Å². The van der Waals surface area contributed by atoms with Crippen LogP contribution in [0.2, 0.25) is 0 Å². The number of carbonyl (C=O) groups is 3. The van der Waals surface area contributed by atoms with Gasteiger partial charge in [-0.1, -0.05) is 6.07 Å². The third-order valence-electron chi connectivity index (χ3n) is 6.73. The molecule has 0 radical (unpaired) electrons. The van der Waals surface area contributed by atoms with Crippen LogP contribution in [0.5, 0.6) is 0 Å². The molecule has 9 nitrogen and oxygen atoms in total. The number of nitrogens with zero attached hydrogens (tertiary/aromatic N) is 3. The Morgan fingerprint density at radius 1 is 1.32 bits per heavy atom. The zero-order chi connectivity index (χ0) is 24.3. The van der Waals surface area contributed by atoms with Gasteiger partial charge >= 0.3 is 0 Å². The highest BCUT2D eigenvalue weighted by atomic mass is 16.3. The largest absolute Gasteiger partial charge is 0.456 e. The van der Waals surface area contributed by atoms with Crippen LogP contribution in [0.4, 0.5) is 5.82 Å². The minimum absolute atomic E-state index is 0.128. The van der Waals surface area contributed by atoms with Gasteiger partial charge in [0.25, 0.3) is 11.8 Å². The molecule has 34 heavy (non-hydrogen) atoms. The molecule has 0 aromatic carbocycles. The zero-order valence-corrected chi connectivity index (χ0v) is 19.5. The number of hydrogen-bond acceptors (Lipinski definition) is 6. The van der Waals surface area contributed by atoms with Crippen LogP contribution in [-0.4, -0.2) is 54.0 Å². The predicted molar refractivity (Wildman–Crippen MR) is 129 cm³/mol. The highest BCUT2D eigenvalue weighted by molar-refractivity contribution is 5.94. The van der Waals surface area contributed by atoms with E-state index in [4.69, 9.17) is 4.42 Å². The van der Waals surface area contributed by atoms with Gasteiger partial charge in [-0.25, -0.2) is 4.98 Å². The van der Waals surface area contributed by atoms with Crippen molar-refractivity contribution in [2.45, 2.75) is 33.1 Å². The second-order valence-corrected chi connectivity index (χ2v) is 8.98. The van der Waals surface area contributed by atoms with Crippen LogP contribution in [0.3, 0.4) is 0 Å². The summed E-state index contributed by atoms with van der Waals surface area (Å²) in [6.45, 7) is 8.50. The Morgan fingerprint density at radius 2 is 2.09 bits per heavy atom. The lowest BCUT2D eigenvalue weighted by atomic mass is 9.90. The predicted octanol–water partition coefficient (Wildman–Crippen LogP) is 3.29. The first-order valence-electron chi connectivity index (χ1n) is 11.4. The van der Waals surface area contributed by atoms with Crippen LogP contribution in [0.25, 0.3) is 6.08 Å². The van der Waals surface area contributed by atoms with E-state index in [9.17, 15) is 14.4 Å². The molecule has 2 aliphatic rings. The summed E-state index contributed by atoms with van der Waals surface area (Å²) in [4.78, 5) is 46.4. The average Bonchev–Trinajstić information content (AvgIpc) is 3.35. The van der Waals surface area contributed by atoms with E-state index in [2.05, 4.69) is 27.3 Å². The number of furan rings is 1. The molecule has 2 aromatic rings. The fraction of sp³-hybridized carbons (Fsp3) is 0.400. The van der Waals surface area contributed by atoms with Gasteiger partial charge in [0.2, 0.25) is 5.91 Å². The Bertz CT molecular complexity index is 1140. The smallest absolute Gasteiger partial charge is 0.287 e. The van der Waals surface area contributed by atoms with Gasteiger partial charge in [-0.05, 0) is 68.5 Å². The van der Waals surface area contributed by atoms with E-state index < -0.39 is 0 Å². The number of amides is 3. The summed E-state index contributed by atoms with van der Waals surface area (Å²) in [5, 5.41) is 5.60. The van der Waals surface area contributed by atoms with Crippen molar-refractivity contribution < 1.29 is 18.8 Å². The molecule has 1 atom stereocenters. The number of pyridine rings is 1. The Morgan fingerprint density at radius 3 is 2.79 bits per heavy atom. The number of aryl methyl sites for hydroxylation is 1. The van der Waals surface area contributed by atoms with E-state index in [0.717, 1.165) is 24.8 Å². The number of anilines is 1. The second-order valence-electron chi connectivity index (χ2n) is 8.98. The van der Waals surface area contributed by atoms with Crippen LogP contribution in [0.15, 0.2) is 39.9 Å². The molecule has 3 amide bonds. The zero-order valence-electron chi connectivity index (χ0n) is 19.5. The van der Waals surface area contributed by atoms with E-state index >= 15 is 0 Å². The molecule has 1 unspecified atom stereocenters. The summed E-state index contributed by atoms with van der Waals surface area (Å²) in [6, 6.07) is 6.74. The van der Waals surface area contributed by atoms with E-state index in [1.807, 2.05) is 4.90 Å². The fourth-order valence-corrected chi connectivity index (χ4v) is 4.66. The monoisotopic (exact) mass is 463 g/mol. The van der Waals surface area contributed by atoms with Crippen molar-refractivity contribution in [1.82, 2.24) is 15.2 Å². The normalized spacial score (nSPS) is 18.6. The van der Waals surface area contributed by atoms with Crippen molar-refractivity contribution in [1.29, 1.82) is 0 Å². The summed E-state index contributed by atoms with van der Waals surface area (Å²) in [7, 11) is 0. The highest BCUT2D eigenvalue weighted by Gasteiger charge is 2.54. The fourth-order valence-electron chi connectivity index (χ4n) is 4.66. The quantitative estimate of drug-likeness (QED) is 0.611. The van der Waals surface area contributed by atoms with Gasteiger partial charge in [0.15, 0.2) is 5.76 Å². The Kier molecular flexibility index (Phi) is 6.63. The molecule has 3 heterocycles. The Balaban J connectivity index is 1.27. The number of likely N-dealkylation sites (tertiary alicyclic amines) is 1. The van der Waals surface area contributed by atoms with Crippen LogP contribution in [-0.2, 0) is 4.79 Å². The molecule has 1 aliphatic carbocycles. The maximum Gasteiger partial charge on any atom is 0.287 e. The van der Waals surface area contributed by atoms with Gasteiger partial charge < -0.3 is 20.0 Å². The number of hydrogen-bond donors (Lipinski definition) is 2. The van der Waals surface area contributed by atoms with Crippen molar-refractivity contribution in [3.63, 3.8) is 0 Å². The summed E-state index contributed by atoms with van der Waals surface area (Å²) in [6.07, 6.45) is 6.14. The Labute approximate surface area is 198 Å². The SMILES string of the molecule is C=N/C=C\c1cc(C(=O)NCC2CC23CCN(C(=O)c2cccc(NC(C)=O)n2)CC3)oc1C. The van der Waals surface area contributed by atoms with Crippen LogP contribution >= 0.6 is 0 Å². The second kappa shape index (κ2) is 9.62. The van der Waals surface area contributed by atoms with Crippen molar-refractivity contribution >= 4 is 36.3 Å². The molecule has 0 bridgehead atoms. The first-order chi connectivity index (χ1) is 16.3. The maximum absolute atomic E-state index is 12.9. The first kappa shape index (κ1) is 23.4. The molecular weight excluding hydrogens is 434 g/mol. The number of piperidine rings is 1. The minimum atomic E-state index is -0.228. The Hall–Kier alpha value is -3.75. The molecule has 9 heteroatoms. The van der Waals surface area contributed by atoms with E-state index in [0.29, 0.717) is 42.8 Å². The van der Waals surface area contributed by atoms with Crippen molar-refractivity contribution in [3.05, 3.63) is 53.2 Å². The van der Waals surface area contributed by atoms with Gasteiger partial charge in [-0.2, -0.15) is 0 Å². The molecule has 1 saturated carbocycles. The average molecular weight is 464 g/mol. The summed E-state index contributed by atoms with van der Waals surface area (Å²) < 4.78 is 5.58. The van der Waals surface area contributed by atoms with Crippen LogP contribution in [0, 0.1) is 18.3 Å². The molecule has 2 aromatic heterocycles. The van der Waals surface area contributed by atoms with Crippen molar-refractivity contribution in [3.8, 4) is 0 Å². The molecule has 1 spiro atoms. The molecule has 1 saturated heterocycles. The maximum atomic E-state index is 12.9. The molecular formula is C25H29N5O4. The lowest BCUT2D eigenvalue weighted by Gasteiger charge is -2.33. The van der Waals surface area contributed by atoms with Gasteiger partial charge in [0.05, 0.1) is 0 Å². The molecule has 1 aliphatic heterocycles. The number of rotatable bonds is 7. The molecule has 178 valence electrons. The highest BCUT2D eigenvalue weighted by Crippen LogP contribution is 2.59. The topological polar surface area (TPSA) is 117 Å². The van der Waals surface area contributed by atoms with Gasteiger partial charge in [0, 0.05) is 38.3 Å². The molecule has 2 fully saturated rings. The third-order valence-corrected chi connectivity index (χ3v) is 6.73. The summed E-state index contributed by atoms with van der Waals surface area (Å²) in [5.74, 6) is 1.12. The van der Waals surface area contributed by atoms with Gasteiger partial charge in [-0.3, -0.25) is 19.4 Å². The third kappa shape index (κ3) is 5.08. The van der Waals surface area contributed by atoms with E-state index in [1.54, 1.807) is 43.5 Å². The molecule has 4 rings (SSSR count). The molecule has 2 N–H and O–H groups in total. The van der Waals surface area contributed by atoms with Gasteiger partial charge in [0.1, 0.15) is 17.3 Å². The lowest BCUT2D eigenvalue weighted by Crippen LogP contribution is -2.40.